The molecule has 0 aliphatic rings. The predicted octanol–water partition coefficient (Wildman–Crippen LogP) is 3.21. The average Bonchev–Trinajstić information content (AvgIpc) is 2.94. The van der Waals surface area contributed by atoms with Crippen molar-refractivity contribution in [3.63, 3.8) is 0 Å². The Balaban J connectivity index is 2.10. The van der Waals surface area contributed by atoms with Crippen molar-refractivity contribution >= 4 is 22.9 Å². The molecule has 0 radical (unpaired) electrons. The molecule has 0 aliphatic carbocycles. The van der Waals surface area contributed by atoms with Gasteiger partial charge in [0.15, 0.2) is 0 Å². The van der Waals surface area contributed by atoms with E-state index in [1.807, 2.05) is 55.7 Å². The Labute approximate surface area is 117 Å². The van der Waals surface area contributed by atoms with Gasteiger partial charge < -0.3 is 10.6 Å². The summed E-state index contributed by atoms with van der Waals surface area (Å²) in [4.78, 5) is 13.3. The Kier molecular flexibility index (Phi) is 4.71. The third-order valence-electron chi connectivity index (χ3n) is 3.01. The number of benzene rings is 1. The van der Waals surface area contributed by atoms with Crippen LogP contribution in [0, 0.1) is 0 Å². The minimum Gasteiger partial charge on any atom is -0.325 e. The summed E-state index contributed by atoms with van der Waals surface area (Å²) in [7, 11) is 1.90. The highest BCUT2D eigenvalue weighted by molar-refractivity contribution is 7.10. The number of thiophene rings is 1. The minimum atomic E-state index is -0.123. The fourth-order valence-electron chi connectivity index (χ4n) is 1.89. The maximum absolute atomic E-state index is 12.2. The first-order valence-corrected chi connectivity index (χ1v) is 7.17. The van der Waals surface area contributed by atoms with E-state index in [1.165, 1.54) is 0 Å². The van der Waals surface area contributed by atoms with E-state index < -0.39 is 0 Å². The van der Waals surface area contributed by atoms with Crippen LogP contribution in [0.3, 0.4) is 0 Å². The lowest BCUT2D eigenvalue weighted by Gasteiger charge is -2.14. The van der Waals surface area contributed by atoms with Crippen molar-refractivity contribution in [2.24, 2.45) is 0 Å². The van der Waals surface area contributed by atoms with E-state index in [-0.39, 0.29) is 11.8 Å². The Hall–Kier alpha value is -1.65. The van der Waals surface area contributed by atoms with Crippen molar-refractivity contribution in [3.05, 3.63) is 52.2 Å². The fraction of sp³-hybridized carbons (Fsp3) is 0.267. The van der Waals surface area contributed by atoms with E-state index in [0.29, 0.717) is 0 Å². The molecule has 0 unspecified atom stereocenters. The van der Waals surface area contributed by atoms with E-state index in [2.05, 4.69) is 10.6 Å². The normalized spacial score (nSPS) is 12.1. The number of hydrogen-bond acceptors (Lipinski definition) is 3. The number of amides is 1. The van der Waals surface area contributed by atoms with Crippen LogP contribution in [0.5, 0.6) is 0 Å². The number of nitrogens with one attached hydrogen (secondary N) is 2. The van der Waals surface area contributed by atoms with Gasteiger partial charge in [0, 0.05) is 17.1 Å². The van der Waals surface area contributed by atoms with Gasteiger partial charge >= 0.3 is 0 Å². The molecule has 100 valence electrons. The van der Waals surface area contributed by atoms with Crippen molar-refractivity contribution in [2.45, 2.75) is 19.4 Å². The summed E-state index contributed by atoms with van der Waals surface area (Å²) < 4.78 is 0. The highest BCUT2D eigenvalue weighted by Crippen LogP contribution is 2.23. The lowest BCUT2D eigenvalue weighted by molar-refractivity contribution is -0.117. The smallest absolute Gasteiger partial charge is 0.232 e. The summed E-state index contributed by atoms with van der Waals surface area (Å²) in [5.41, 5.74) is 1.97. The molecule has 4 heteroatoms. The third-order valence-corrected chi connectivity index (χ3v) is 4.06. The zero-order valence-electron chi connectivity index (χ0n) is 11.1. The van der Waals surface area contributed by atoms with Crippen molar-refractivity contribution in [1.82, 2.24) is 5.32 Å². The molecule has 0 saturated heterocycles. The third kappa shape index (κ3) is 3.43. The molecule has 1 amide bonds. The van der Waals surface area contributed by atoms with E-state index in [0.717, 1.165) is 22.7 Å². The Bertz CT molecular complexity index is 537. The lowest BCUT2D eigenvalue weighted by Crippen LogP contribution is -2.19. The topological polar surface area (TPSA) is 41.1 Å². The molecule has 2 aromatic rings. The van der Waals surface area contributed by atoms with Crippen LogP contribution in [0.1, 0.15) is 23.3 Å². The molecule has 2 rings (SSSR count). The van der Waals surface area contributed by atoms with E-state index >= 15 is 0 Å². The van der Waals surface area contributed by atoms with E-state index in [1.54, 1.807) is 11.3 Å². The lowest BCUT2D eigenvalue weighted by atomic mass is 10.1. The Morgan fingerprint density at radius 3 is 2.74 bits per heavy atom. The second-order valence-electron chi connectivity index (χ2n) is 4.41. The molecule has 0 aliphatic heterocycles. The summed E-state index contributed by atoms with van der Waals surface area (Å²) >= 11 is 1.61. The number of carbonyl (C=O) groups is 1. The van der Waals surface area contributed by atoms with Crippen LogP contribution < -0.4 is 10.6 Å². The van der Waals surface area contributed by atoms with Crippen LogP contribution in [0.4, 0.5) is 5.69 Å². The van der Waals surface area contributed by atoms with Gasteiger partial charge in [-0.2, -0.15) is 0 Å². The quantitative estimate of drug-likeness (QED) is 0.879. The zero-order chi connectivity index (χ0) is 13.7. The van der Waals surface area contributed by atoms with Crippen LogP contribution >= 0.6 is 11.3 Å². The van der Waals surface area contributed by atoms with E-state index in [9.17, 15) is 4.79 Å². The van der Waals surface area contributed by atoms with Crippen molar-refractivity contribution in [2.75, 3.05) is 12.4 Å². The zero-order valence-corrected chi connectivity index (χ0v) is 12.0. The van der Waals surface area contributed by atoms with Gasteiger partial charge in [-0.1, -0.05) is 24.3 Å². The molecule has 3 nitrogen and oxygen atoms in total. The van der Waals surface area contributed by atoms with Crippen LogP contribution in [-0.4, -0.2) is 13.0 Å². The Morgan fingerprint density at radius 1 is 1.26 bits per heavy atom. The first-order valence-electron chi connectivity index (χ1n) is 6.29. The van der Waals surface area contributed by atoms with Gasteiger partial charge in [0.1, 0.15) is 0 Å². The average molecular weight is 274 g/mol. The van der Waals surface area contributed by atoms with Crippen molar-refractivity contribution < 1.29 is 4.79 Å². The second kappa shape index (κ2) is 6.50. The number of anilines is 1. The van der Waals surface area contributed by atoms with Gasteiger partial charge in [-0.05, 0) is 37.0 Å². The highest BCUT2D eigenvalue weighted by atomic mass is 32.1. The molecule has 0 saturated carbocycles. The van der Waals surface area contributed by atoms with Crippen molar-refractivity contribution in [3.8, 4) is 0 Å². The first-order chi connectivity index (χ1) is 9.22. The van der Waals surface area contributed by atoms with Gasteiger partial charge in [0.05, 0.1) is 5.92 Å². The SMILES string of the molecule is CNCc1ccccc1NC(=O)[C@H](C)c1cccs1. The molecule has 19 heavy (non-hydrogen) atoms. The molecule has 0 spiro atoms. The summed E-state index contributed by atoms with van der Waals surface area (Å²) in [5, 5.41) is 8.11. The van der Waals surface area contributed by atoms with Gasteiger partial charge in [0.25, 0.3) is 0 Å². The van der Waals surface area contributed by atoms with Crippen LogP contribution in [0.15, 0.2) is 41.8 Å². The molecular weight excluding hydrogens is 256 g/mol. The molecule has 1 aromatic carbocycles. The molecule has 1 aromatic heterocycles. The second-order valence-corrected chi connectivity index (χ2v) is 5.39. The standard InChI is InChI=1S/C15H18N2OS/c1-11(14-8-5-9-19-14)15(18)17-13-7-4-3-6-12(13)10-16-2/h3-9,11,16H,10H2,1-2H3,(H,17,18)/t11-/m1/s1. The van der Waals surface area contributed by atoms with Crippen molar-refractivity contribution in [1.29, 1.82) is 0 Å². The summed E-state index contributed by atoms with van der Waals surface area (Å²) in [6.45, 7) is 2.67. The summed E-state index contributed by atoms with van der Waals surface area (Å²) in [6, 6.07) is 11.8. The van der Waals surface area contributed by atoms with Gasteiger partial charge in [-0.25, -0.2) is 0 Å². The van der Waals surface area contributed by atoms with Crippen LogP contribution in [0.2, 0.25) is 0 Å². The highest BCUT2D eigenvalue weighted by Gasteiger charge is 2.16. The van der Waals surface area contributed by atoms with E-state index in [4.69, 9.17) is 0 Å². The number of para-hydroxylation sites is 1. The van der Waals surface area contributed by atoms with Crippen LogP contribution in [-0.2, 0) is 11.3 Å². The van der Waals surface area contributed by atoms with Gasteiger partial charge in [0.2, 0.25) is 5.91 Å². The maximum atomic E-state index is 12.2. The Morgan fingerprint density at radius 2 is 2.05 bits per heavy atom. The molecular formula is C15H18N2OS. The molecule has 2 N–H and O–H groups in total. The summed E-state index contributed by atoms with van der Waals surface area (Å²) in [6.07, 6.45) is 0. The number of hydrogen-bond donors (Lipinski definition) is 2. The van der Waals surface area contributed by atoms with Gasteiger partial charge in [-0.15, -0.1) is 11.3 Å². The monoisotopic (exact) mass is 274 g/mol. The maximum Gasteiger partial charge on any atom is 0.232 e. The summed E-state index contributed by atoms with van der Waals surface area (Å²) in [5.74, 6) is -0.0892. The molecule has 1 atom stereocenters. The predicted molar refractivity (Wildman–Crippen MR) is 80.6 cm³/mol. The minimum absolute atomic E-state index is 0.0333. The first kappa shape index (κ1) is 13.8. The number of carbonyl (C=O) groups excluding carboxylic acids is 1. The molecule has 1 heterocycles. The van der Waals surface area contributed by atoms with Gasteiger partial charge in [-0.3, -0.25) is 4.79 Å². The molecule has 0 fully saturated rings. The van der Waals surface area contributed by atoms with Crippen LogP contribution in [0.25, 0.3) is 0 Å². The number of rotatable bonds is 5. The molecule has 0 bridgehead atoms. The largest absolute Gasteiger partial charge is 0.325 e. The fourth-order valence-corrected chi connectivity index (χ4v) is 2.68.